The van der Waals surface area contributed by atoms with Crippen LogP contribution in [0.25, 0.3) is 32.4 Å². The van der Waals surface area contributed by atoms with Gasteiger partial charge in [0.2, 0.25) is 6.79 Å². The molecule has 4 aromatic rings. The molecule has 1 aromatic heterocycles. The Kier molecular flexibility index (Phi) is 8.90. The van der Waals surface area contributed by atoms with E-state index in [1.165, 1.54) is 0 Å². The highest BCUT2D eigenvalue weighted by Gasteiger charge is 2.21. The van der Waals surface area contributed by atoms with E-state index in [9.17, 15) is 4.79 Å². The Labute approximate surface area is 252 Å². The number of ether oxygens (including phenoxy) is 5. The summed E-state index contributed by atoms with van der Waals surface area (Å²) in [5, 5.41) is 4.41. The number of hydrogen-bond acceptors (Lipinski definition) is 9. The van der Waals surface area contributed by atoms with Crippen LogP contribution in [-0.2, 0) is 11.3 Å². The lowest BCUT2D eigenvalue weighted by Crippen LogP contribution is -2.47. The van der Waals surface area contributed by atoms with Crippen molar-refractivity contribution >= 4 is 32.4 Å². The SMILES string of the molecule is COCCN1CCN(CCCOc2cc3c(cc2OC)c(=O)n(CCN(C)C)c2c4cc5c(cc4ccc32)OCO5)CC1. The molecule has 10 heteroatoms. The minimum atomic E-state index is -0.0518. The zero-order valence-corrected chi connectivity index (χ0v) is 25.7. The van der Waals surface area contributed by atoms with E-state index in [0.717, 1.165) is 91.7 Å². The Morgan fingerprint density at radius 2 is 1.51 bits per heavy atom. The molecule has 0 aliphatic carbocycles. The van der Waals surface area contributed by atoms with Crippen molar-refractivity contribution in [2.45, 2.75) is 13.0 Å². The zero-order chi connectivity index (χ0) is 29.9. The highest BCUT2D eigenvalue weighted by atomic mass is 16.7. The van der Waals surface area contributed by atoms with Crippen LogP contribution in [0.15, 0.2) is 41.2 Å². The maximum Gasteiger partial charge on any atom is 0.259 e. The van der Waals surface area contributed by atoms with Gasteiger partial charge in [0, 0.05) is 75.6 Å². The summed E-state index contributed by atoms with van der Waals surface area (Å²) in [7, 11) is 7.41. The van der Waals surface area contributed by atoms with Crippen molar-refractivity contribution < 1.29 is 23.7 Å². The molecule has 0 N–H and O–H groups in total. The van der Waals surface area contributed by atoms with Crippen molar-refractivity contribution in [1.29, 1.82) is 0 Å². The molecule has 1 saturated heterocycles. The quantitative estimate of drug-likeness (QED) is 0.182. The van der Waals surface area contributed by atoms with E-state index in [4.69, 9.17) is 23.7 Å². The van der Waals surface area contributed by atoms with Gasteiger partial charge >= 0.3 is 0 Å². The van der Waals surface area contributed by atoms with Crippen molar-refractivity contribution in [2.75, 3.05) is 94.1 Å². The van der Waals surface area contributed by atoms with E-state index in [1.807, 2.05) is 42.9 Å². The van der Waals surface area contributed by atoms with E-state index < -0.39 is 0 Å². The van der Waals surface area contributed by atoms with Gasteiger partial charge in [0.15, 0.2) is 23.0 Å². The lowest BCUT2D eigenvalue weighted by Gasteiger charge is -2.34. The van der Waals surface area contributed by atoms with E-state index >= 15 is 0 Å². The molecule has 230 valence electrons. The normalized spacial score (nSPS) is 15.7. The summed E-state index contributed by atoms with van der Waals surface area (Å²) in [5.74, 6) is 2.64. The van der Waals surface area contributed by atoms with Gasteiger partial charge in [-0.3, -0.25) is 9.69 Å². The molecule has 0 saturated carbocycles. The Bertz CT molecular complexity index is 1660. The number of rotatable bonds is 12. The lowest BCUT2D eigenvalue weighted by molar-refractivity contribution is 0.0941. The van der Waals surface area contributed by atoms with Crippen molar-refractivity contribution in [3.05, 3.63) is 46.8 Å². The van der Waals surface area contributed by atoms with Gasteiger partial charge in [0.25, 0.3) is 5.56 Å². The molecule has 0 unspecified atom stereocenters. The number of hydrogen-bond donors (Lipinski definition) is 0. The lowest BCUT2D eigenvalue weighted by atomic mass is 9.99. The number of aromatic nitrogens is 1. The van der Waals surface area contributed by atoms with Crippen molar-refractivity contribution in [3.8, 4) is 23.0 Å². The van der Waals surface area contributed by atoms with Gasteiger partial charge in [-0.1, -0.05) is 12.1 Å². The minimum Gasteiger partial charge on any atom is -0.493 e. The summed E-state index contributed by atoms with van der Waals surface area (Å²) in [5.41, 5.74) is 0.833. The summed E-state index contributed by atoms with van der Waals surface area (Å²) >= 11 is 0. The van der Waals surface area contributed by atoms with Crippen LogP contribution in [-0.4, -0.2) is 113 Å². The van der Waals surface area contributed by atoms with Gasteiger partial charge in [-0.2, -0.15) is 0 Å². The number of fused-ring (bicyclic) bond motifs is 6. The first-order valence-electron chi connectivity index (χ1n) is 15.1. The van der Waals surface area contributed by atoms with E-state index in [2.05, 4.69) is 26.8 Å². The molecule has 10 nitrogen and oxygen atoms in total. The molecule has 6 rings (SSSR count). The van der Waals surface area contributed by atoms with Crippen LogP contribution in [0.1, 0.15) is 6.42 Å². The topological polar surface area (TPSA) is 77.9 Å². The van der Waals surface area contributed by atoms with Crippen LogP contribution in [0.5, 0.6) is 23.0 Å². The molecule has 3 aromatic carbocycles. The van der Waals surface area contributed by atoms with Gasteiger partial charge in [0.1, 0.15) is 0 Å². The third kappa shape index (κ3) is 6.10. The number of nitrogens with zero attached hydrogens (tertiary/aromatic N) is 4. The van der Waals surface area contributed by atoms with Crippen LogP contribution < -0.4 is 24.5 Å². The standard InChI is InChI=1S/C33H42N4O6/c1-34(2)9-14-37-32-24(7-6-23-18-29-31(19-25(23)32)43-22-42-29)26-20-30(28(40-4)21-27(26)33(37)38)41-16-5-8-35-10-12-36(13-11-35)15-17-39-3/h6-7,18-21H,5,8-17,22H2,1-4H3. The smallest absolute Gasteiger partial charge is 0.259 e. The van der Waals surface area contributed by atoms with Crippen LogP contribution in [0, 0.1) is 0 Å². The first-order valence-corrected chi connectivity index (χ1v) is 15.1. The van der Waals surface area contributed by atoms with Gasteiger partial charge in [-0.05, 0) is 50.2 Å². The molecule has 0 atom stereocenters. The largest absolute Gasteiger partial charge is 0.493 e. The Morgan fingerprint density at radius 3 is 2.23 bits per heavy atom. The Morgan fingerprint density at radius 1 is 0.791 bits per heavy atom. The summed E-state index contributed by atoms with van der Waals surface area (Å²) in [6.07, 6.45) is 0.907. The van der Waals surface area contributed by atoms with Crippen molar-refractivity contribution in [2.24, 2.45) is 0 Å². The van der Waals surface area contributed by atoms with Crippen LogP contribution in [0.3, 0.4) is 0 Å². The van der Waals surface area contributed by atoms with Gasteiger partial charge in [0.05, 0.1) is 31.2 Å². The summed E-state index contributed by atoms with van der Waals surface area (Å²) in [6, 6.07) is 12.0. The van der Waals surface area contributed by atoms with Crippen LogP contribution in [0.2, 0.25) is 0 Å². The van der Waals surface area contributed by atoms with Gasteiger partial charge in [-0.15, -0.1) is 0 Å². The number of benzene rings is 3. The second-order valence-corrected chi connectivity index (χ2v) is 11.6. The van der Waals surface area contributed by atoms with Gasteiger partial charge < -0.3 is 38.1 Å². The first-order chi connectivity index (χ1) is 21.0. The number of pyridine rings is 1. The van der Waals surface area contributed by atoms with E-state index in [-0.39, 0.29) is 12.4 Å². The number of piperazine rings is 1. The van der Waals surface area contributed by atoms with Crippen LogP contribution >= 0.6 is 0 Å². The molecule has 3 heterocycles. The first kappa shape index (κ1) is 29.5. The second kappa shape index (κ2) is 13.0. The fourth-order valence-electron chi connectivity index (χ4n) is 6.13. The molecule has 2 aliphatic rings. The predicted octanol–water partition coefficient (Wildman–Crippen LogP) is 3.64. The Hall–Kier alpha value is -3.57. The molecule has 2 aliphatic heterocycles. The number of methoxy groups -OCH3 is 2. The molecule has 0 amide bonds. The fraction of sp³-hybridized carbons (Fsp3) is 0.485. The highest BCUT2D eigenvalue weighted by molar-refractivity contribution is 6.16. The predicted molar refractivity (Wildman–Crippen MR) is 169 cm³/mol. The van der Waals surface area contributed by atoms with E-state index in [0.29, 0.717) is 35.8 Å². The zero-order valence-electron chi connectivity index (χ0n) is 25.7. The maximum absolute atomic E-state index is 14.1. The average Bonchev–Trinajstić information content (AvgIpc) is 3.48. The summed E-state index contributed by atoms with van der Waals surface area (Å²) in [6.45, 7) is 9.04. The second-order valence-electron chi connectivity index (χ2n) is 11.6. The molecular formula is C33H42N4O6. The average molecular weight is 591 g/mol. The third-order valence-corrected chi connectivity index (χ3v) is 8.55. The van der Waals surface area contributed by atoms with Crippen LogP contribution in [0.4, 0.5) is 0 Å². The third-order valence-electron chi connectivity index (χ3n) is 8.55. The molecule has 0 bridgehead atoms. The molecular weight excluding hydrogens is 548 g/mol. The summed E-state index contributed by atoms with van der Waals surface area (Å²) in [4.78, 5) is 21.1. The fourth-order valence-corrected chi connectivity index (χ4v) is 6.13. The monoisotopic (exact) mass is 590 g/mol. The van der Waals surface area contributed by atoms with Crippen molar-refractivity contribution in [3.63, 3.8) is 0 Å². The van der Waals surface area contributed by atoms with Gasteiger partial charge in [-0.25, -0.2) is 0 Å². The molecule has 0 spiro atoms. The minimum absolute atomic E-state index is 0.0518. The summed E-state index contributed by atoms with van der Waals surface area (Å²) < 4.78 is 30.5. The molecule has 1 fully saturated rings. The number of likely N-dealkylation sites (N-methyl/N-ethyl adjacent to an activating group) is 1. The molecule has 0 radical (unpaired) electrons. The highest BCUT2D eigenvalue weighted by Crippen LogP contribution is 2.41. The van der Waals surface area contributed by atoms with E-state index in [1.54, 1.807) is 14.2 Å². The molecule has 43 heavy (non-hydrogen) atoms. The maximum atomic E-state index is 14.1. The Balaban J connectivity index is 1.31. The van der Waals surface area contributed by atoms with Crippen molar-refractivity contribution in [1.82, 2.24) is 19.3 Å².